The second kappa shape index (κ2) is 7.24. The van der Waals surface area contributed by atoms with E-state index in [1.54, 1.807) is 11.8 Å². The van der Waals surface area contributed by atoms with E-state index in [1.807, 2.05) is 12.1 Å². The third-order valence-electron chi connectivity index (χ3n) is 5.04. The lowest BCUT2D eigenvalue weighted by Crippen LogP contribution is -2.37. The lowest BCUT2D eigenvalue weighted by atomic mass is 10.0. The van der Waals surface area contributed by atoms with Gasteiger partial charge in [0.1, 0.15) is 0 Å². The van der Waals surface area contributed by atoms with Gasteiger partial charge in [-0.1, -0.05) is 0 Å². The number of hydrogen-bond donors (Lipinski definition) is 0. The number of benzene rings is 1. The Labute approximate surface area is 143 Å². The van der Waals surface area contributed by atoms with Gasteiger partial charge in [-0.15, -0.1) is 0 Å². The number of piperidine rings is 1. The van der Waals surface area contributed by atoms with Gasteiger partial charge in [-0.3, -0.25) is 9.59 Å². The Morgan fingerprint density at radius 1 is 1.21 bits per heavy atom. The zero-order chi connectivity index (χ0) is 17.1. The summed E-state index contributed by atoms with van der Waals surface area (Å²) >= 11 is 0. The average Bonchev–Trinajstić information content (AvgIpc) is 2.98. The molecule has 1 aromatic carbocycles. The van der Waals surface area contributed by atoms with Crippen molar-refractivity contribution in [1.29, 1.82) is 0 Å². The number of esters is 1. The first-order chi connectivity index (χ1) is 11.6. The normalized spacial score (nSPS) is 24.3. The van der Waals surface area contributed by atoms with Crippen molar-refractivity contribution in [3.05, 3.63) is 24.3 Å². The molecular weight excluding hydrogens is 304 g/mol. The first-order valence-electron chi connectivity index (χ1n) is 8.94. The van der Waals surface area contributed by atoms with Crippen LogP contribution in [0.4, 0.5) is 11.4 Å². The van der Waals surface area contributed by atoms with Gasteiger partial charge in [-0.25, -0.2) is 0 Å². The summed E-state index contributed by atoms with van der Waals surface area (Å²) in [5.74, 6) is -0.626. The van der Waals surface area contributed by atoms with Crippen LogP contribution in [0, 0.1) is 5.92 Å². The van der Waals surface area contributed by atoms with Crippen LogP contribution in [0.25, 0.3) is 0 Å². The fourth-order valence-corrected chi connectivity index (χ4v) is 3.68. The molecule has 0 aromatic heterocycles. The quantitative estimate of drug-likeness (QED) is 0.797. The van der Waals surface area contributed by atoms with Crippen molar-refractivity contribution in [1.82, 2.24) is 0 Å². The van der Waals surface area contributed by atoms with Gasteiger partial charge >= 0.3 is 5.97 Å². The smallest absolute Gasteiger partial charge is 0.311 e. The zero-order valence-electron chi connectivity index (χ0n) is 14.5. The molecule has 2 aliphatic heterocycles. The first kappa shape index (κ1) is 16.8. The topological polar surface area (TPSA) is 49.9 Å². The van der Waals surface area contributed by atoms with E-state index in [1.165, 1.54) is 24.9 Å². The Hall–Kier alpha value is -2.04. The van der Waals surface area contributed by atoms with Crippen molar-refractivity contribution in [3.8, 4) is 0 Å². The number of amides is 1. The van der Waals surface area contributed by atoms with Crippen LogP contribution in [0.2, 0.25) is 0 Å². The average molecular weight is 330 g/mol. The summed E-state index contributed by atoms with van der Waals surface area (Å²) in [5.41, 5.74) is 2.07. The van der Waals surface area contributed by atoms with E-state index in [9.17, 15) is 9.59 Å². The molecule has 0 aliphatic carbocycles. The maximum atomic E-state index is 12.2. The zero-order valence-corrected chi connectivity index (χ0v) is 14.5. The van der Waals surface area contributed by atoms with E-state index in [0.717, 1.165) is 12.2 Å². The van der Waals surface area contributed by atoms with E-state index < -0.39 is 0 Å². The highest BCUT2D eigenvalue weighted by Crippen LogP contribution is 2.30. The van der Waals surface area contributed by atoms with Crippen LogP contribution in [0.15, 0.2) is 24.3 Å². The number of hydrogen-bond acceptors (Lipinski definition) is 4. The number of carbonyl (C=O) groups is 2. The lowest BCUT2D eigenvalue weighted by Gasteiger charge is -2.35. The second-order valence-electron chi connectivity index (χ2n) is 6.71. The van der Waals surface area contributed by atoms with E-state index in [4.69, 9.17) is 4.74 Å². The highest BCUT2D eigenvalue weighted by molar-refractivity contribution is 5.99. The Morgan fingerprint density at radius 3 is 2.58 bits per heavy atom. The third kappa shape index (κ3) is 3.40. The molecule has 1 aromatic rings. The van der Waals surface area contributed by atoms with Crippen LogP contribution in [0.1, 0.15) is 39.5 Å². The predicted octanol–water partition coefficient (Wildman–Crippen LogP) is 2.98. The monoisotopic (exact) mass is 330 g/mol. The maximum Gasteiger partial charge on any atom is 0.311 e. The molecular formula is C19H26N2O3. The molecule has 5 nitrogen and oxygen atoms in total. The molecule has 0 saturated carbocycles. The molecule has 0 N–H and O–H groups in total. The highest BCUT2D eigenvalue weighted by atomic mass is 16.5. The van der Waals surface area contributed by atoms with E-state index >= 15 is 0 Å². The van der Waals surface area contributed by atoms with Gasteiger partial charge in [0, 0.05) is 36.9 Å². The summed E-state index contributed by atoms with van der Waals surface area (Å²) in [6, 6.07) is 8.71. The van der Waals surface area contributed by atoms with E-state index in [0.29, 0.717) is 19.2 Å². The Morgan fingerprint density at radius 2 is 1.92 bits per heavy atom. The van der Waals surface area contributed by atoms with Crippen molar-refractivity contribution in [2.24, 2.45) is 5.92 Å². The fraction of sp³-hybridized carbons (Fsp3) is 0.579. The van der Waals surface area contributed by atoms with Gasteiger partial charge in [0.15, 0.2) is 0 Å². The SMILES string of the molecule is CCOC(=O)[C@@H]1CC(=O)N(c2ccc(N3CCCC[C@H]3C)cc2)C1. The van der Waals surface area contributed by atoms with Crippen molar-refractivity contribution in [2.45, 2.75) is 45.6 Å². The maximum absolute atomic E-state index is 12.2. The number of anilines is 2. The minimum absolute atomic E-state index is 0.00727. The molecule has 2 atom stereocenters. The second-order valence-corrected chi connectivity index (χ2v) is 6.71. The molecule has 0 spiro atoms. The fourth-order valence-electron chi connectivity index (χ4n) is 3.68. The van der Waals surface area contributed by atoms with Gasteiger partial charge in [0.2, 0.25) is 5.91 Å². The summed E-state index contributed by atoms with van der Waals surface area (Å²) in [6.45, 7) is 5.91. The Kier molecular flexibility index (Phi) is 5.07. The predicted molar refractivity (Wildman–Crippen MR) is 94.2 cm³/mol. The van der Waals surface area contributed by atoms with Gasteiger partial charge in [-0.05, 0) is 57.4 Å². The molecule has 2 heterocycles. The van der Waals surface area contributed by atoms with Crippen LogP contribution in [0.3, 0.4) is 0 Å². The minimum Gasteiger partial charge on any atom is -0.466 e. The molecule has 130 valence electrons. The third-order valence-corrected chi connectivity index (χ3v) is 5.04. The molecule has 5 heteroatoms. The molecule has 2 aliphatic rings. The molecule has 0 unspecified atom stereocenters. The van der Waals surface area contributed by atoms with Gasteiger partial charge in [0.05, 0.1) is 12.5 Å². The number of rotatable bonds is 4. The van der Waals surface area contributed by atoms with Crippen molar-refractivity contribution < 1.29 is 14.3 Å². The van der Waals surface area contributed by atoms with Crippen molar-refractivity contribution >= 4 is 23.3 Å². The molecule has 0 radical (unpaired) electrons. The van der Waals surface area contributed by atoms with Crippen LogP contribution < -0.4 is 9.80 Å². The molecule has 2 fully saturated rings. The molecule has 2 saturated heterocycles. The summed E-state index contributed by atoms with van der Waals surface area (Å²) in [5, 5.41) is 0. The summed E-state index contributed by atoms with van der Waals surface area (Å²) in [6.07, 6.45) is 4.00. The van der Waals surface area contributed by atoms with Gasteiger partial charge in [0.25, 0.3) is 0 Å². The highest BCUT2D eigenvalue weighted by Gasteiger charge is 2.36. The Balaban J connectivity index is 1.69. The standard InChI is InChI=1S/C19H26N2O3/c1-3-24-19(23)15-12-18(22)21(13-15)17-9-7-16(8-10-17)20-11-5-4-6-14(20)2/h7-10,14-15H,3-6,11-13H2,1-2H3/t14-,15-/m1/s1. The summed E-state index contributed by atoms with van der Waals surface area (Å²) < 4.78 is 5.04. The Bertz CT molecular complexity index is 599. The molecule has 24 heavy (non-hydrogen) atoms. The van der Waals surface area contributed by atoms with Crippen LogP contribution >= 0.6 is 0 Å². The van der Waals surface area contributed by atoms with E-state index in [-0.39, 0.29) is 24.2 Å². The lowest BCUT2D eigenvalue weighted by molar-refractivity contribution is -0.147. The molecule has 3 rings (SSSR count). The van der Waals surface area contributed by atoms with Gasteiger partial charge < -0.3 is 14.5 Å². The molecule has 1 amide bonds. The van der Waals surface area contributed by atoms with Crippen LogP contribution in [0.5, 0.6) is 0 Å². The van der Waals surface area contributed by atoms with Gasteiger partial charge in [-0.2, -0.15) is 0 Å². The van der Waals surface area contributed by atoms with Crippen molar-refractivity contribution in [2.75, 3.05) is 29.5 Å². The number of ether oxygens (including phenoxy) is 1. The number of carbonyl (C=O) groups excluding carboxylic acids is 2. The number of nitrogens with zero attached hydrogens (tertiary/aromatic N) is 2. The summed E-state index contributed by atoms with van der Waals surface area (Å²) in [7, 11) is 0. The van der Waals surface area contributed by atoms with Crippen LogP contribution in [-0.4, -0.2) is 37.6 Å². The largest absolute Gasteiger partial charge is 0.466 e. The molecule has 0 bridgehead atoms. The van der Waals surface area contributed by atoms with Crippen LogP contribution in [-0.2, 0) is 14.3 Å². The summed E-state index contributed by atoms with van der Waals surface area (Å²) in [4.78, 5) is 28.2. The first-order valence-corrected chi connectivity index (χ1v) is 8.94. The van der Waals surface area contributed by atoms with Crippen molar-refractivity contribution in [3.63, 3.8) is 0 Å². The minimum atomic E-state index is -0.348. The van der Waals surface area contributed by atoms with E-state index in [2.05, 4.69) is 24.0 Å².